The molecule has 1 aliphatic carbocycles. The largest absolute Gasteiger partial charge is 0.508 e. The van der Waals surface area contributed by atoms with Crippen molar-refractivity contribution >= 4 is 11.3 Å². The third-order valence-electron chi connectivity index (χ3n) is 4.51. The van der Waals surface area contributed by atoms with Crippen molar-refractivity contribution in [1.82, 2.24) is 9.88 Å². The van der Waals surface area contributed by atoms with E-state index in [2.05, 4.69) is 21.3 Å². The van der Waals surface area contributed by atoms with Gasteiger partial charge in [-0.15, -0.1) is 11.3 Å². The number of aliphatic hydroxyl groups is 1. The van der Waals surface area contributed by atoms with Gasteiger partial charge in [-0.05, 0) is 50.3 Å². The summed E-state index contributed by atoms with van der Waals surface area (Å²) < 4.78 is 0. The molecule has 0 amide bonds. The number of aliphatic hydroxyl groups excluding tert-OH is 1. The molecule has 2 N–H and O–H groups in total. The van der Waals surface area contributed by atoms with Crippen LogP contribution in [0.25, 0.3) is 0 Å². The number of thiazole rings is 1. The number of hydrogen-bond acceptors (Lipinski definition) is 5. The Morgan fingerprint density at radius 3 is 2.65 bits per heavy atom. The Labute approximate surface area is 141 Å². The van der Waals surface area contributed by atoms with Crippen LogP contribution in [-0.2, 0) is 13.1 Å². The van der Waals surface area contributed by atoms with Crippen LogP contribution in [0.3, 0.4) is 0 Å². The molecule has 0 aliphatic heterocycles. The second-order valence-electron chi connectivity index (χ2n) is 6.40. The zero-order chi connectivity index (χ0) is 16.2. The van der Waals surface area contributed by atoms with Gasteiger partial charge in [-0.2, -0.15) is 0 Å². The van der Waals surface area contributed by atoms with E-state index in [1.807, 2.05) is 19.1 Å². The van der Waals surface area contributed by atoms with Gasteiger partial charge in [0.2, 0.25) is 0 Å². The van der Waals surface area contributed by atoms with Crippen molar-refractivity contribution in [2.45, 2.75) is 57.8 Å². The number of rotatable bonds is 5. The van der Waals surface area contributed by atoms with Crippen LogP contribution in [0, 0.1) is 6.92 Å². The standard InChI is InChI=1S/C18H24N2O2S/c1-13-19-15(12-23-13)11-20(16-5-7-17(21)8-6-16)10-14-3-2-4-18(22)9-14/h2-4,9,12,16-17,21-22H,5-8,10-11H2,1H3. The first-order valence-corrected chi connectivity index (χ1v) is 9.09. The van der Waals surface area contributed by atoms with Crippen LogP contribution < -0.4 is 0 Å². The second kappa shape index (κ2) is 7.43. The lowest BCUT2D eigenvalue weighted by atomic mass is 9.91. The van der Waals surface area contributed by atoms with E-state index < -0.39 is 0 Å². The highest BCUT2D eigenvalue weighted by molar-refractivity contribution is 7.09. The van der Waals surface area contributed by atoms with E-state index in [0.717, 1.165) is 55.0 Å². The van der Waals surface area contributed by atoms with Crippen molar-refractivity contribution < 1.29 is 10.2 Å². The van der Waals surface area contributed by atoms with Crippen LogP contribution >= 0.6 is 11.3 Å². The average molecular weight is 332 g/mol. The number of hydrogen-bond donors (Lipinski definition) is 2. The van der Waals surface area contributed by atoms with Crippen LogP contribution in [0.4, 0.5) is 0 Å². The zero-order valence-electron chi connectivity index (χ0n) is 13.5. The monoisotopic (exact) mass is 332 g/mol. The van der Waals surface area contributed by atoms with E-state index in [9.17, 15) is 10.2 Å². The molecule has 0 unspecified atom stereocenters. The van der Waals surface area contributed by atoms with E-state index in [-0.39, 0.29) is 6.10 Å². The van der Waals surface area contributed by atoms with Crippen molar-refractivity contribution in [1.29, 1.82) is 0 Å². The highest BCUT2D eigenvalue weighted by Crippen LogP contribution is 2.27. The van der Waals surface area contributed by atoms with Gasteiger partial charge in [-0.1, -0.05) is 12.1 Å². The molecule has 2 aromatic rings. The molecule has 1 fully saturated rings. The maximum atomic E-state index is 9.77. The molecular formula is C18H24N2O2S. The summed E-state index contributed by atoms with van der Waals surface area (Å²) in [5.74, 6) is 0.311. The van der Waals surface area contributed by atoms with Crippen molar-refractivity contribution in [3.8, 4) is 5.75 Å². The van der Waals surface area contributed by atoms with Gasteiger partial charge in [0.25, 0.3) is 0 Å². The Morgan fingerprint density at radius 1 is 1.22 bits per heavy atom. The number of nitrogens with zero attached hydrogens (tertiary/aromatic N) is 2. The number of benzene rings is 1. The van der Waals surface area contributed by atoms with E-state index in [1.165, 1.54) is 0 Å². The molecule has 1 aromatic heterocycles. The van der Waals surface area contributed by atoms with Crippen LogP contribution in [-0.4, -0.2) is 32.2 Å². The van der Waals surface area contributed by atoms with E-state index in [0.29, 0.717) is 11.8 Å². The van der Waals surface area contributed by atoms with Gasteiger partial charge in [0, 0.05) is 24.5 Å². The maximum absolute atomic E-state index is 9.77. The molecule has 1 saturated carbocycles. The van der Waals surface area contributed by atoms with Gasteiger partial charge >= 0.3 is 0 Å². The third kappa shape index (κ3) is 4.53. The first kappa shape index (κ1) is 16.4. The molecule has 0 spiro atoms. The molecule has 23 heavy (non-hydrogen) atoms. The summed E-state index contributed by atoms with van der Waals surface area (Å²) in [7, 11) is 0. The Kier molecular flexibility index (Phi) is 5.30. The Balaban J connectivity index is 1.74. The Hall–Kier alpha value is -1.43. The quantitative estimate of drug-likeness (QED) is 0.880. The fraction of sp³-hybridized carbons (Fsp3) is 0.500. The van der Waals surface area contributed by atoms with Crippen LogP contribution in [0.15, 0.2) is 29.6 Å². The molecule has 3 rings (SSSR count). The number of aromatic nitrogens is 1. The van der Waals surface area contributed by atoms with E-state index in [1.54, 1.807) is 17.4 Å². The van der Waals surface area contributed by atoms with Gasteiger partial charge in [-0.3, -0.25) is 4.90 Å². The van der Waals surface area contributed by atoms with Crippen LogP contribution in [0.1, 0.15) is 41.9 Å². The first-order valence-electron chi connectivity index (χ1n) is 8.21. The average Bonchev–Trinajstić information content (AvgIpc) is 2.93. The molecular weight excluding hydrogens is 308 g/mol. The molecule has 0 atom stereocenters. The molecule has 1 heterocycles. The molecule has 1 aliphatic rings. The van der Waals surface area contributed by atoms with Crippen LogP contribution in [0.5, 0.6) is 5.75 Å². The molecule has 4 nitrogen and oxygen atoms in total. The fourth-order valence-corrected chi connectivity index (χ4v) is 3.92. The second-order valence-corrected chi connectivity index (χ2v) is 7.46. The van der Waals surface area contributed by atoms with Gasteiger partial charge < -0.3 is 10.2 Å². The van der Waals surface area contributed by atoms with E-state index >= 15 is 0 Å². The number of phenolic OH excluding ortho intramolecular Hbond substituents is 1. The topological polar surface area (TPSA) is 56.6 Å². The summed E-state index contributed by atoms with van der Waals surface area (Å²) in [6.45, 7) is 3.65. The minimum absolute atomic E-state index is 0.143. The SMILES string of the molecule is Cc1nc(CN(Cc2cccc(O)c2)C2CCC(O)CC2)cs1. The minimum atomic E-state index is -0.143. The van der Waals surface area contributed by atoms with Gasteiger partial charge in [0.1, 0.15) is 5.75 Å². The number of aryl methyl sites for hydroxylation is 1. The molecule has 5 heteroatoms. The summed E-state index contributed by atoms with van der Waals surface area (Å²) in [5, 5.41) is 22.7. The van der Waals surface area contributed by atoms with Gasteiger partial charge in [0.05, 0.1) is 16.8 Å². The van der Waals surface area contributed by atoms with Crippen LogP contribution in [0.2, 0.25) is 0 Å². The van der Waals surface area contributed by atoms with Gasteiger partial charge in [-0.25, -0.2) is 4.98 Å². The molecule has 0 radical (unpaired) electrons. The zero-order valence-corrected chi connectivity index (χ0v) is 14.3. The highest BCUT2D eigenvalue weighted by Gasteiger charge is 2.25. The predicted octanol–water partition coefficient (Wildman–Crippen LogP) is 3.46. The first-order chi connectivity index (χ1) is 11.1. The Morgan fingerprint density at radius 2 is 2.00 bits per heavy atom. The maximum Gasteiger partial charge on any atom is 0.115 e. The molecule has 1 aromatic carbocycles. The smallest absolute Gasteiger partial charge is 0.115 e. The summed E-state index contributed by atoms with van der Waals surface area (Å²) in [6, 6.07) is 7.94. The summed E-state index contributed by atoms with van der Waals surface area (Å²) in [4.78, 5) is 7.04. The lowest BCUT2D eigenvalue weighted by Crippen LogP contribution is -2.38. The number of aromatic hydroxyl groups is 1. The summed E-state index contributed by atoms with van der Waals surface area (Å²) in [5.41, 5.74) is 2.22. The highest BCUT2D eigenvalue weighted by atomic mass is 32.1. The van der Waals surface area contributed by atoms with Crippen molar-refractivity contribution in [2.24, 2.45) is 0 Å². The minimum Gasteiger partial charge on any atom is -0.508 e. The van der Waals surface area contributed by atoms with Gasteiger partial charge in [0.15, 0.2) is 0 Å². The molecule has 0 saturated heterocycles. The summed E-state index contributed by atoms with van der Waals surface area (Å²) >= 11 is 1.68. The van der Waals surface area contributed by atoms with E-state index in [4.69, 9.17) is 0 Å². The van der Waals surface area contributed by atoms with Crippen molar-refractivity contribution in [3.05, 3.63) is 45.9 Å². The number of phenols is 1. The predicted molar refractivity (Wildman–Crippen MR) is 92.5 cm³/mol. The Bertz CT molecular complexity index is 635. The third-order valence-corrected chi connectivity index (χ3v) is 5.33. The normalized spacial score (nSPS) is 21.7. The van der Waals surface area contributed by atoms with Crippen molar-refractivity contribution in [2.75, 3.05) is 0 Å². The van der Waals surface area contributed by atoms with Crippen molar-refractivity contribution in [3.63, 3.8) is 0 Å². The summed E-state index contributed by atoms with van der Waals surface area (Å²) in [6.07, 6.45) is 3.64. The fourth-order valence-electron chi connectivity index (χ4n) is 3.32. The molecule has 0 bridgehead atoms. The molecule has 124 valence electrons. The lowest BCUT2D eigenvalue weighted by molar-refractivity contribution is 0.0660. The lowest BCUT2D eigenvalue weighted by Gasteiger charge is -2.35.